The minimum absolute atomic E-state index is 0.00503. The van der Waals surface area contributed by atoms with Crippen molar-refractivity contribution in [2.24, 2.45) is 4.99 Å². The maximum absolute atomic E-state index is 13.3. The minimum Gasteiger partial charge on any atom is -0.494 e. The monoisotopic (exact) mass is 585 g/mol. The Balaban J connectivity index is 1.35. The number of nitrogens with zero attached hydrogens (tertiary/aromatic N) is 4. The zero-order valence-corrected chi connectivity index (χ0v) is 24.3. The topological polar surface area (TPSA) is 101 Å². The number of nitrogens with one attached hydrogen (secondary N) is 1. The molecule has 4 aromatic rings. The first-order valence-electron chi connectivity index (χ1n) is 13.9. The van der Waals surface area contributed by atoms with Crippen molar-refractivity contribution in [1.29, 1.82) is 0 Å². The highest BCUT2D eigenvalue weighted by atomic mass is 35.5. The van der Waals surface area contributed by atoms with Gasteiger partial charge in [-0.15, -0.1) is 0 Å². The third-order valence-corrected chi connectivity index (χ3v) is 8.29. The molecule has 1 aromatic heterocycles. The van der Waals surface area contributed by atoms with Crippen molar-refractivity contribution in [3.63, 3.8) is 0 Å². The van der Waals surface area contributed by atoms with E-state index in [4.69, 9.17) is 21.3 Å². The van der Waals surface area contributed by atoms with Gasteiger partial charge in [-0.05, 0) is 42.9 Å². The molecule has 0 saturated carbocycles. The molecule has 3 aromatic carbocycles. The molecule has 0 bridgehead atoms. The third-order valence-electron chi connectivity index (χ3n) is 7.94. The number of carbonyl (C=O) groups excluding carboxylic acids is 2. The van der Waals surface area contributed by atoms with E-state index in [-0.39, 0.29) is 11.8 Å². The van der Waals surface area contributed by atoms with Gasteiger partial charge in [-0.1, -0.05) is 48.0 Å². The summed E-state index contributed by atoms with van der Waals surface area (Å²) in [5.41, 5.74) is 4.81. The predicted octanol–water partition coefficient (Wildman–Crippen LogP) is 4.53. The highest BCUT2D eigenvalue weighted by Gasteiger charge is 2.34. The molecule has 1 saturated heterocycles. The summed E-state index contributed by atoms with van der Waals surface area (Å²) in [5, 5.41) is 11.8. The van der Waals surface area contributed by atoms with Crippen LogP contribution in [0.2, 0.25) is 0 Å². The van der Waals surface area contributed by atoms with Gasteiger partial charge in [0, 0.05) is 54.8 Å². The summed E-state index contributed by atoms with van der Waals surface area (Å²) in [6.07, 6.45) is 0.518. The second-order valence-electron chi connectivity index (χ2n) is 10.7. The number of amides is 1. The summed E-state index contributed by atoms with van der Waals surface area (Å²) in [7, 11) is 3.42. The summed E-state index contributed by atoms with van der Waals surface area (Å²) in [4.78, 5) is 39.5. The van der Waals surface area contributed by atoms with Crippen molar-refractivity contribution in [2.75, 3.05) is 51.8 Å². The number of benzene rings is 3. The maximum atomic E-state index is 13.3. The molecule has 3 heterocycles. The van der Waals surface area contributed by atoms with Crippen LogP contribution >= 0.6 is 11.6 Å². The Kier molecular flexibility index (Phi) is 7.72. The van der Waals surface area contributed by atoms with Crippen LogP contribution in [0.15, 0.2) is 71.7 Å². The summed E-state index contributed by atoms with van der Waals surface area (Å²) >= 11 is 6.72. The van der Waals surface area contributed by atoms with Crippen molar-refractivity contribution in [1.82, 2.24) is 14.8 Å². The first kappa shape index (κ1) is 28.0. The van der Waals surface area contributed by atoms with Gasteiger partial charge in [-0.2, -0.15) is 0 Å². The van der Waals surface area contributed by atoms with Gasteiger partial charge in [0.15, 0.2) is 5.88 Å². The quantitative estimate of drug-likeness (QED) is 0.149. The molecule has 1 fully saturated rings. The highest BCUT2D eigenvalue weighted by Crippen LogP contribution is 2.38. The molecule has 6 rings (SSSR count). The number of aromatic nitrogens is 1. The molecule has 0 aliphatic carbocycles. The number of aliphatic imine (C=N–C) groups is 1. The number of esters is 1. The molecule has 42 heavy (non-hydrogen) atoms. The number of fused-ring (bicyclic) bond motifs is 2. The molecule has 1 atom stereocenters. The Morgan fingerprint density at radius 2 is 1.79 bits per heavy atom. The van der Waals surface area contributed by atoms with Gasteiger partial charge in [0.2, 0.25) is 5.91 Å². The lowest BCUT2D eigenvalue weighted by atomic mass is 10.00. The second kappa shape index (κ2) is 11.6. The number of hydrogen-bond acceptors (Lipinski definition) is 7. The molecular formula is C32H32ClN5O4. The van der Waals surface area contributed by atoms with Crippen LogP contribution in [-0.4, -0.2) is 89.9 Å². The van der Waals surface area contributed by atoms with Gasteiger partial charge >= 0.3 is 5.97 Å². The predicted molar refractivity (Wildman–Crippen MR) is 164 cm³/mol. The van der Waals surface area contributed by atoms with Crippen LogP contribution in [0.1, 0.15) is 27.0 Å². The van der Waals surface area contributed by atoms with E-state index in [1.54, 1.807) is 23.1 Å². The number of hydrogen-bond donors (Lipinski definition) is 2. The Labute approximate surface area is 249 Å². The Morgan fingerprint density at radius 1 is 1.02 bits per heavy atom. The summed E-state index contributed by atoms with van der Waals surface area (Å²) in [6, 6.07) is 20.4. The lowest BCUT2D eigenvalue weighted by molar-refractivity contribution is -0.120. The first-order chi connectivity index (χ1) is 20.3. The smallest absolute Gasteiger partial charge is 0.337 e. The first-order valence-corrected chi connectivity index (χ1v) is 14.3. The SMILES string of the molecule is COC(=O)c1ccc2c(C(=Nc3ccc4c(c3)CC(Cl)N4C(=O)CN3CCN(C)CC3)c3ccccc3)c(O)[nH]c2c1. The summed E-state index contributed by atoms with van der Waals surface area (Å²) < 4.78 is 4.85. The lowest BCUT2D eigenvalue weighted by Crippen LogP contribution is -2.49. The number of aromatic amines is 1. The average molecular weight is 586 g/mol. The Morgan fingerprint density at radius 3 is 2.52 bits per heavy atom. The fourth-order valence-electron chi connectivity index (χ4n) is 5.69. The third kappa shape index (κ3) is 5.38. The number of alkyl halides is 1. The van der Waals surface area contributed by atoms with Gasteiger partial charge in [-0.25, -0.2) is 9.79 Å². The standard InChI is InChI=1S/C32H32ClN5O4/c1-36-12-14-37(15-13-36)19-28(39)38-26-11-9-23(16-22(26)18-27(38)33)34-30(20-6-4-3-5-7-20)29-24-10-8-21(32(41)42-2)17-25(24)35-31(29)40/h3-11,16-17,27,35,40H,12-15,18-19H2,1-2H3. The molecule has 2 aliphatic rings. The van der Waals surface area contributed by atoms with Crippen LogP contribution in [0.5, 0.6) is 5.88 Å². The lowest BCUT2D eigenvalue weighted by Gasteiger charge is -2.33. The molecule has 0 spiro atoms. The molecule has 216 valence electrons. The number of H-pyrrole nitrogens is 1. The normalized spacial score (nSPS) is 17.9. The second-order valence-corrected chi connectivity index (χ2v) is 11.2. The molecule has 2 aliphatic heterocycles. The van der Waals surface area contributed by atoms with E-state index in [9.17, 15) is 14.7 Å². The molecule has 0 radical (unpaired) electrons. The number of aromatic hydroxyl groups is 1. The summed E-state index contributed by atoms with van der Waals surface area (Å²) in [5.74, 6) is -0.525. The van der Waals surface area contributed by atoms with Crippen LogP contribution in [-0.2, 0) is 16.0 Å². The van der Waals surface area contributed by atoms with Gasteiger partial charge in [-0.3, -0.25) is 14.6 Å². The van der Waals surface area contributed by atoms with E-state index in [0.29, 0.717) is 46.4 Å². The van der Waals surface area contributed by atoms with E-state index in [1.807, 2.05) is 48.5 Å². The number of methoxy groups -OCH3 is 1. The van der Waals surface area contributed by atoms with Crippen LogP contribution in [0, 0.1) is 0 Å². The average Bonchev–Trinajstić information content (AvgIpc) is 3.51. The number of halogens is 1. The molecule has 9 nitrogen and oxygen atoms in total. The maximum Gasteiger partial charge on any atom is 0.337 e. The number of piperazine rings is 1. The zero-order chi connectivity index (χ0) is 29.4. The van der Waals surface area contributed by atoms with Crippen LogP contribution in [0.3, 0.4) is 0 Å². The van der Waals surface area contributed by atoms with Gasteiger partial charge in [0.05, 0.1) is 36.2 Å². The number of ether oxygens (including phenoxy) is 1. The number of carbonyl (C=O) groups is 2. The van der Waals surface area contributed by atoms with Crippen molar-refractivity contribution in [3.05, 3.63) is 89.0 Å². The van der Waals surface area contributed by atoms with E-state index in [1.165, 1.54) is 7.11 Å². The number of anilines is 1. The molecule has 10 heteroatoms. The minimum atomic E-state index is -0.463. The van der Waals surface area contributed by atoms with Crippen LogP contribution < -0.4 is 4.90 Å². The van der Waals surface area contributed by atoms with E-state index < -0.39 is 11.5 Å². The van der Waals surface area contributed by atoms with Crippen LogP contribution in [0.4, 0.5) is 11.4 Å². The molecule has 1 unspecified atom stereocenters. The Hall–Kier alpha value is -4.18. The van der Waals surface area contributed by atoms with Crippen LogP contribution in [0.25, 0.3) is 10.9 Å². The van der Waals surface area contributed by atoms with Crippen molar-refractivity contribution < 1.29 is 19.4 Å². The van der Waals surface area contributed by atoms with Gasteiger partial charge in [0.1, 0.15) is 5.50 Å². The molecule has 2 N–H and O–H groups in total. The molecular weight excluding hydrogens is 554 g/mol. The fraction of sp³-hybridized carbons (Fsp3) is 0.281. The summed E-state index contributed by atoms with van der Waals surface area (Å²) in [6.45, 7) is 3.94. The highest BCUT2D eigenvalue weighted by molar-refractivity contribution is 6.26. The van der Waals surface area contributed by atoms with Gasteiger partial charge in [0.25, 0.3) is 0 Å². The molecule has 1 amide bonds. The zero-order valence-electron chi connectivity index (χ0n) is 23.5. The van der Waals surface area contributed by atoms with Crippen molar-refractivity contribution >= 4 is 51.5 Å². The van der Waals surface area contributed by atoms with E-state index in [0.717, 1.165) is 43.0 Å². The largest absolute Gasteiger partial charge is 0.494 e. The van der Waals surface area contributed by atoms with E-state index in [2.05, 4.69) is 21.8 Å². The van der Waals surface area contributed by atoms with Gasteiger partial charge < -0.3 is 19.7 Å². The van der Waals surface area contributed by atoms with Crippen molar-refractivity contribution in [2.45, 2.75) is 11.9 Å². The van der Waals surface area contributed by atoms with E-state index >= 15 is 0 Å². The Bertz CT molecular complexity index is 1680. The fourth-order valence-corrected chi connectivity index (χ4v) is 6.07. The van der Waals surface area contributed by atoms with Crippen molar-refractivity contribution in [3.8, 4) is 5.88 Å². The number of likely N-dealkylation sites (N-methyl/N-ethyl adjacent to an activating group) is 1. The number of rotatable bonds is 6.